The van der Waals surface area contributed by atoms with Gasteiger partial charge < -0.3 is 5.32 Å². The van der Waals surface area contributed by atoms with Crippen molar-refractivity contribution in [2.75, 3.05) is 5.32 Å². The van der Waals surface area contributed by atoms with Gasteiger partial charge in [-0.15, -0.1) is 10.2 Å². The standard InChI is InChI=1S/C17H15FN4OS/c1-11-21-22-17(24-11)20-16(23)19-15(12-5-3-2-4-6-12)13-7-9-14(18)10-8-13/h2-10,15H,1H3,(H2,19,20,22,23)/t15-/m1/s1. The summed E-state index contributed by atoms with van der Waals surface area (Å²) in [7, 11) is 0. The Morgan fingerprint density at radius 3 is 2.33 bits per heavy atom. The van der Waals surface area contributed by atoms with Crippen molar-refractivity contribution in [3.63, 3.8) is 0 Å². The largest absolute Gasteiger partial charge is 0.327 e. The van der Waals surface area contributed by atoms with Gasteiger partial charge in [0.1, 0.15) is 10.8 Å². The Morgan fingerprint density at radius 1 is 1.04 bits per heavy atom. The lowest BCUT2D eigenvalue weighted by Crippen LogP contribution is -2.33. The number of hydrogen-bond donors (Lipinski definition) is 2. The van der Waals surface area contributed by atoms with E-state index >= 15 is 0 Å². The lowest BCUT2D eigenvalue weighted by atomic mass is 9.99. The molecule has 2 amide bonds. The molecule has 0 aliphatic carbocycles. The lowest BCUT2D eigenvalue weighted by molar-refractivity contribution is 0.250. The first-order valence-corrected chi connectivity index (χ1v) is 8.11. The molecule has 0 fully saturated rings. The zero-order chi connectivity index (χ0) is 16.9. The van der Waals surface area contributed by atoms with Gasteiger partial charge in [0, 0.05) is 0 Å². The normalized spacial score (nSPS) is 11.8. The number of rotatable bonds is 4. The van der Waals surface area contributed by atoms with Crippen LogP contribution < -0.4 is 10.6 Å². The number of nitrogens with one attached hydrogen (secondary N) is 2. The second kappa shape index (κ2) is 7.18. The number of hydrogen-bond acceptors (Lipinski definition) is 4. The van der Waals surface area contributed by atoms with Crippen molar-refractivity contribution in [1.29, 1.82) is 0 Å². The summed E-state index contributed by atoms with van der Waals surface area (Å²) >= 11 is 1.29. The number of carbonyl (C=O) groups is 1. The maximum absolute atomic E-state index is 13.2. The van der Waals surface area contributed by atoms with Gasteiger partial charge >= 0.3 is 6.03 Å². The molecule has 0 aliphatic rings. The first kappa shape index (κ1) is 16.1. The smallest absolute Gasteiger partial charge is 0.321 e. The minimum atomic E-state index is -0.402. The third-order valence-corrected chi connectivity index (χ3v) is 4.11. The highest BCUT2D eigenvalue weighted by Crippen LogP contribution is 2.23. The van der Waals surface area contributed by atoms with Crippen LogP contribution in [0.25, 0.3) is 0 Å². The fourth-order valence-corrected chi connectivity index (χ4v) is 2.86. The molecule has 7 heteroatoms. The van der Waals surface area contributed by atoms with E-state index < -0.39 is 12.1 Å². The Bertz CT molecular complexity index is 820. The first-order valence-electron chi connectivity index (χ1n) is 7.30. The molecule has 1 aromatic heterocycles. The van der Waals surface area contributed by atoms with E-state index in [1.54, 1.807) is 12.1 Å². The molecule has 0 bridgehead atoms. The average molecular weight is 342 g/mol. The van der Waals surface area contributed by atoms with Gasteiger partial charge in [0.15, 0.2) is 0 Å². The molecule has 0 saturated heterocycles. The van der Waals surface area contributed by atoms with Crippen LogP contribution >= 0.6 is 11.3 Å². The van der Waals surface area contributed by atoms with Crippen LogP contribution in [-0.4, -0.2) is 16.2 Å². The highest BCUT2D eigenvalue weighted by molar-refractivity contribution is 7.15. The number of urea groups is 1. The summed E-state index contributed by atoms with van der Waals surface area (Å²) in [6.45, 7) is 1.81. The lowest BCUT2D eigenvalue weighted by Gasteiger charge is -2.19. The van der Waals surface area contributed by atoms with E-state index in [9.17, 15) is 9.18 Å². The minimum Gasteiger partial charge on any atom is -0.327 e. The van der Waals surface area contributed by atoms with E-state index in [-0.39, 0.29) is 5.82 Å². The molecule has 3 rings (SSSR count). The Labute approximate surface area is 142 Å². The van der Waals surface area contributed by atoms with E-state index in [1.807, 2.05) is 37.3 Å². The number of aryl methyl sites for hydroxylation is 1. The van der Waals surface area contributed by atoms with Gasteiger partial charge in [-0.05, 0) is 30.2 Å². The average Bonchev–Trinajstić information content (AvgIpc) is 2.99. The first-order chi connectivity index (χ1) is 11.6. The van der Waals surface area contributed by atoms with Crippen molar-refractivity contribution in [2.24, 2.45) is 0 Å². The molecule has 1 atom stereocenters. The number of halogens is 1. The Balaban J connectivity index is 1.82. The molecule has 0 spiro atoms. The number of amides is 2. The second-order valence-corrected chi connectivity index (χ2v) is 6.30. The maximum atomic E-state index is 13.2. The van der Waals surface area contributed by atoms with Gasteiger partial charge in [-0.1, -0.05) is 53.8 Å². The maximum Gasteiger partial charge on any atom is 0.321 e. The molecule has 3 aromatic rings. The topological polar surface area (TPSA) is 66.9 Å². The van der Waals surface area contributed by atoms with Crippen LogP contribution in [0.1, 0.15) is 22.2 Å². The number of nitrogens with zero attached hydrogens (tertiary/aromatic N) is 2. The summed E-state index contributed by atoms with van der Waals surface area (Å²) in [5.41, 5.74) is 1.68. The zero-order valence-corrected chi connectivity index (χ0v) is 13.7. The van der Waals surface area contributed by atoms with Crippen molar-refractivity contribution in [2.45, 2.75) is 13.0 Å². The molecule has 0 saturated carbocycles. The summed E-state index contributed by atoms with van der Waals surface area (Å²) < 4.78 is 13.2. The molecule has 0 radical (unpaired) electrons. The second-order valence-electron chi connectivity index (χ2n) is 5.12. The summed E-state index contributed by atoms with van der Waals surface area (Å²) in [4.78, 5) is 12.3. The quantitative estimate of drug-likeness (QED) is 0.756. The Hall–Kier alpha value is -2.80. The van der Waals surface area contributed by atoms with E-state index in [4.69, 9.17) is 0 Å². The summed E-state index contributed by atoms with van der Waals surface area (Å²) in [5, 5.41) is 14.5. The Morgan fingerprint density at radius 2 is 1.71 bits per heavy atom. The van der Waals surface area contributed by atoms with Crippen molar-refractivity contribution < 1.29 is 9.18 Å². The Kier molecular flexibility index (Phi) is 4.81. The molecule has 5 nitrogen and oxygen atoms in total. The van der Waals surface area contributed by atoms with Crippen molar-refractivity contribution in [3.05, 3.63) is 76.5 Å². The van der Waals surface area contributed by atoms with Crippen LogP contribution in [0, 0.1) is 12.7 Å². The molecule has 24 heavy (non-hydrogen) atoms. The van der Waals surface area contributed by atoms with E-state index in [1.165, 1.54) is 23.5 Å². The molecular formula is C17H15FN4OS. The van der Waals surface area contributed by atoms with Crippen LogP contribution in [0.2, 0.25) is 0 Å². The van der Waals surface area contributed by atoms with E-state index in [2.05, 4.69) is 20.8 Å². The number of anilines is 1. The van der Waals surface area contributed by atoms with Gasteiger partial charge in [-0.2, -0.15) is 0 Å². The summed E-state index contributed by atoms with van der Waals surface area (Å²) in [5.74, 6) is -0.320. The predicted molar refractivity (Wildman–Crippen MR) is 91.5 cm³/mol. The number of aromatic nitrogens is 2. The van der Waals surface area contributed by atoms with E-state index in [0.717, 1.165) is 16.1 Å². The molecule has 1 heterocycles. The monoisotopic (exact) mass is 342 g/mol. The van der Waals surface area contributed by atoms with Crippen molar-refractivity contribution in [3.8, 4) is 0 Å². The number of benzene rings is 2. The van der Waals surface area contributed by atoms with Gasteiger partial charge in [0.2, 0.25) is 5.13 Å². The van der Waals surface area contributed by atoms with Gasteiger partial charge in [0.25, 0.3) is 0 Å². The molecular weight excluding hydrogens is 327 g/mol. The van der Waals surface area contributed by atoms with Gasteiger partial charge in [-0.3, -0.25) is 5.32 Å². The highest BCUT2D eigenvalue weighted by Gasteiger charge is 2.17. The van der Waals surface area contributed by atoms with Crippen molar-refractivity contribution in [1.82, 2.24) is 15.5 Å². The van der Waals surface area contributed by atoms with Crippen LogP contribution in [0.4, 0.5) is 14.3 Å². The minimum absolute atomic E-state index is 0.320. The van der Waals surface area contributed by atoms with Crippen LogP contribution in [0.15, 0.2) is 54.6 Å². The third kappa shape index (κ3) is 3.94. The number of carbonyl (C=O) groups excluding carboxylic acids is 1. The third-order valence-electron chi connectivity index (χ3n) is 3.36. The summed E-state index contributed by atoms with van der Waals surface area (Å²) in [6.07, 6.45) is 0. The fourth-order valence-electron chi connectivity index (χ4n) is 2.27. The summed E-state index contributed by atoms with van der Waals surface area (Å²) in [6, 6.07) is 14.7. The predicted octanol–water partition coefficient (Wildman–Crippen LogP) is 3.90. The molecule has 122 valence electrons. The van der Waals surface area contributed by atoms with Gasteiger partial charge in [-0.25, -0.2) is 9.18 Å². The van der Waals surface area contributed by atoms with Crippen LogP contribution in [-0.2, 0) is 0 Å². The van der Waals surface area contributed by atoms with Crippen LogP contribution in [0.3, 0.4) is 0 Å². The highest BCUT2D eigenvalue weighted by atomic mass is 32.1. The zero-order valence-electron chi connectivity index (χ0n) is 12.9. The van der Waals surface area contributed by atoms with Gasteiger partial charge in [0.05, 0.1) is 6.04 Å². The molecule has 2 aromatic carbocycles. The fraction of sp³-hybridized carbons (Fsp3) is 0.118. The SMILES string of the molecule is Cc1nnc(NC(=O)N[C@H](c2ccccc2)c2ccc(F)cc2)s1. The molecule has 0 unspecified atom stereocenters. The van der Waals surface area contributed by atoms with Crippen molar-refractivity contribution >= 4 is 22.5 Å². The molecule has 0 aliphatic heterocycles. The van der Waals surface area contributed by atoms with E-state index in [0.29, 0.717) is 5.13 Å². The molecule has 2 N–H and O–H groups in total. The van der Waals surface area contributed by atoms with Crippen LogP contribution in [0.5, 0.6) is 0 Å².